The van der Waals surface area contributed by atoms with Crippen molar-refractivity contribution in [3.8, 4) is 0 Å². The highest BCUT2D eigenvalue weighted by Crippen LogP contribution is 2.42. The second kappa shape index (κ2) is 5.17. The third-order valence-electron chi connectivity index (χ3n) is 5.02. The first-order valence-electron chi connectivity index (χ1n) is 7.98. The van der Waals surface area contributed by atoms with Crippen molar-refractivity contribution in [3.63, 3.8) is 0 Å². The predicted octanol–water partition coefficient (Wildman–Crippen LogP) is 3.87. The Morgan fingerprint density at radius 1 is 1.10 bits per heavy atom. The first-order chi connectivity index (χ1) is 9.92. The van der Waals surface area contributed by atoms with Gasteiger partial charge in [0.15, 0.2) is 0 Å². The second-order valence-corrected chi connectivity index (χ2v) is 6.42. The van der Waals surface area contributed by atoms with Crippen LogP contribution in [0.15, 0.2) is 36.7 Å². The van der Waals surface area contributed by atoms with Crippen LogP contribution in [0.3, 0.4) is 0 Å². The summed E-state index contributed by atoms with van der Waals surface area (Å²) in [6.45, 7) is 1.21. The van der Waals surface area contributed by atoms with Crippen LogP contribution in [-0.2, 0) is 0 Å². The lowest BCUT2D eigenvalue weighted by Crippen LogP contribution is -2.26. The Balaban J connectivity index is 1.63. The Morgan fingerprint density at radius 3 is 2.95 bits per heavy atom. The molecule has 0 bridgehead atoms. The number of rotatable bonds is 4. The number of hydrogen-bond acceptors (Lipinski definition) is 2. The molecule has 4 rings (SSSR count). The number of pyridine rings is 1. The van der Waals surface area contributed by atoms with Gasteiger partial charge in [-0.2, -0.15) is 0 Å². The second-order valence-electron chi connectivity index (χ2n) is 6.42. The molecular weight excluding hydrogens is 244 g/mol. The van der Waals surface area contributed by atoms with Gasteiger partial charge in [0.25, 0.3) is 0 Å². The summed E-state index contributed by atoms with van der Waals surface area (Å²) in [5.41, 5.74) is 1.55. The Hall–Kier alpha value is -1.41. The van der Waals surface area contributed by atoms with Crippen molar-refractivity contribution in [2.45, 2.75) is 44.1 Å². The highest BCUT2D eigenvalue weighted by molar-refractivity contribution is 5.85. The van der Waals surface area contributed by atoms with Gasteiger partial charge in [0.05, 0.1) is 0 Å². The summed E-state index contributed by atoms with van der Waals surface area (Å²) in [6.07, 6.45) is 10.8. The predicted molar refractivity (Wildman–Crippen MR) is 82.8 cm³/mol. The summed E-state index contributed by atoms with van der Waals surface area (Å²) in [6, 6.07) is 9.73. The summed E-state index contributed by atoms with van der Waals surface area (Å²) in [7, 11) is 0. The van der Waals surface area contributed by atoms with Crippen LogP contribution in [0.1, 0.15) is 43.6 Å². The van der Waals surface area contributed by atoms with Gasteiger partial charge in [0.2, 0.25) is 0 Å². The number of nitrogens with one attached hydrogen (secondary N) is 1. The molecule has 0 spiro atoms. The Labute approximate surface area is 120 Å². The molecule has 2 nitrogen and oxygen atoms in total. The molecule has 2 unspecified atom stereocenters. The third kappa shape index (κ3) is 2.33. The van der Waals surface area contributed by atoms with Crippen molar-refractivity contribution in [2.75, 3.05) is 6.54 Å². The lowest BCUT2D eigenvalue weighted by Gasteiger charge is -2.22. The molecule has 2 saturated carbocycles. The number of hydrogen-bond donors (Lipinski definition) is 1. The summed E-state index contributed by atoms with van der Waals surface area (Å²) in [5, 5.41) is 6.43. The number of benzene rings is 1. The number of nitrogens with zero attached hydrogens (tertiary/aromatic N) is 1. The zero-order chi connectivity index (χ0) is 13.4. The maximum Gasteiger partial charge on any atom is 0.0346 e. The Morgan fingerprint density at radius 2 is 2.05 bits per heavy atom. The first kappa shape index (κ1) is 12.3. The van der Waals surface area contributed by atoms with E-state index in [0.717, 1.165) is 17.9 Å². The SMILES string of the molecule is c1cc(C2CCCC2CNC2CC2)c2ccncc2c1. The standard InChI is InChI=1S/C18H22N2/c1-4-14(12-20-15-7-8-15)16(5-1)18-6-2-3-13-11-19-10-9-17(13)18/h2-3,6,9-11,14-16,20H,1,4-5,7-8,12H2. The summed E-state index contributed by atoms with van der Waals surface area (Å²) in [4.78, 5) is 4.26. The van der Waals surface area contributed by atoms with Crippen LogP contribution in [0.4, 0.5) is 0 Å². The number of aromatic nitrogens is 1. The molecule has 1 aromatic carbocycles. The smallest absolute Gasteiger partial charge is 0.0346 e. The molecule has 0 radical (unpaired) electrons. The minimum atomic E-state index is 0.729. The Kier molecular flexibility index (Phi) is 3.19. The molecule has 2 atom stereocenters. The van der Waals surface area contributed by atoms with Gasteiger partial charge in [-0.1, -0.05) is 24.6 Å². The fraction of sp³-hybridized carbons (Fsp3) is 0.500. The van der Waals surface area contributed by atoms with E-state index in [0.29, 0.717) is 0 Å². The third-order valence-corrected chi connectivity index (χ3v) is 5.02. The highest BCUT2D eigenvalue weighted by Gasteiger charge is 2.31. The average Bonchev–Trinajstić information content (AvgIpc) is 3.21. The van der Waals surface area contributed by atoms with Gasteiger partial charge >= 0.3 is 0 Å². The van der Waals surface area contributed by atoms with Crippen LogP contribution in [0.5, 0.6) is 0 Å². The minimum absolute atomic E-state index is 0.729. The van der Waals surface area contributed by atoms with Crippen molar-refractivity contribution in [1.82, 2.24) is 10.3 Å². The van der Waals surface area contributed by atoms with Gasteiger partial charge in [0.1, 0.15) is 0 Å². The van der Waals surface area contributed by atoms with Gasteiger partial charge in [-0.05, 0) is 61.1 Å². The largest absolute Gasteiger partial charge is 0.314 e. The van der Waals surface area contributed by atoms with E-state index in [-0.39, 0.29) is 0 Å². The van der Waals surface area contributed by atoms with E-state index in [1.54, 1.807) is 5.56 Å². The fourth-order valence-corrected chi connectivity index (χ4v) is 3.77. The molecule has 1 aromatic heterocycles. The molecule has 0 aliphatic heterocycles. The van der Waals surface area contributed by atoms with E-state index in [1.807, 2.05) is 12.4 Å². The van der Waals surface area contributed by atoms with Crippen LogP contribution in [-0.4, -0.2) is 17.6 Å². The first-order valence-corrected chi connectivity index (χ1v) is 7.98. The quantitative estimate of drug-likeness (QED) is 0.908. The molecule has 2 aromatic rings. The monoisotopic (exact) mass is 266 g/mol. The maximum absolute atomic E-state index is 4.26. The molecule has 2 aliphatic rings. The topological polar surface area (TPSA) is 24.9 Å². The van der Waals surface area contributed by atoms with E-state index in [2.05, 4.69) is 34.6 Å². The fourth-order valence-electron chi connectivity index (χ4n) is 3.77. The van der Waals surface area contributed by atoms with Crippen LogP contribution >= 0.6 is 0 Å². The van der Waals surface area contributed by atoms with Crippen LogP contribution in [0.2, 0.25) is 0 Å². The van der Waals surface area contributed by atoms with Gasteiger partial charge in [-0.25, -0.2) is 0 Å². The minimum Gasteiger partial charge on any atom is -0.314 e. The van der Waals surface area contributed by atoms with Gasteiger partial charge in [-0.15, -0.1) is 0 Å². The molecule has 0 saturated heterocycles. The van der Waals surface area contributed by atoms with E-state index >= 15 is 0 Å². The molecule has 2 aliphatic carbocycles. The molecule has 1 N–H and O–H groups in total. The van der Waals surface area contributed by atoms with E-state index in [4.69, 9.17) is 0 Å². The average molecular weight is 266 g/mol. The maximum atomic E-state index is 4.26. The van der Waals surface area contributed by atoms with E-state index in [9.17, 15) is 0 Å². The molecular formula is C18H22N2. The molecule has 0 amide bonds. The van der Waals surface area contributed by atoms with Gasteiger partial charge in [-0.3, -0.25) is 4.98 Å². The molecule has 2 fully saturated rings. The lowest BCUT2D eigenvalue weighted by molar-refractivity contribution is 0.444. The highest BCUT2D eigenvalue weighted by atomic mass is 14.9. The van der Waals surface area contributed by atoms with Crippen LogP contribution in [0, 0.1) is 5.92 Å². The molecule has 2 heteroatoms. The molecule has 20 heavy (non-hydrogen) atoms. The van der Waals surface area contributed by atoms with Crippen molar-refractivity contribution in [3.05, 3.63) is 42.2 Å². The Bertz CT molecular complexity index is 598. The van der Waals surface area contributed by atoms with Gasteiger partial charge < -0.3 is 5.32 Å². The molecule has 104 valence electrons. The zero-order valence-corrected chi connectivity index (χ0v) is 11.9. The van der Waals surface area contributed by atoms with E-state index in [1.165, 1.54) is 49.4 Å². The van der Waals surface area contributed by atoms with E-state index < -0.39 is 0 Å². The zero-order valence-electron chi connectivity index (χ0n) is 11.9. The van der Waals surface area contributed by atoms with Crippen LogP contribution in [0.25, 0.3) is 10.8 Å². The molecule has 1 heterocycles. The number of fused-ring (bicyclic) bond motifs is 1. The lowest BCUT2D eigenvalue weighted by atomic mass is 9.86. The van der Waals surface area contributed by atoms with Crippen molar-refractivity contribution in [2.24, 2.45) is 5.92 Å². The van der Waals surface area contributed by atoms with Crippen molar-refractivity contribution < 1.29 is 0 Å². The normalized spacial score (nSPS) is 26.2. The summed E-state index contributed by atoms with van der Waals surface area (Å²) < 4.78 is 0. The van der Waals surface area contributed by atoms with Crippen molar-refractivity contribution >= 4 is 10.8 Å². The van der Waals surface area contributed by atoms with Crippen LogP contribution < -0.4 is 5.32 Å². The summed E-state index contributed by atoms with van der Waals surface area (Å²) in [5.74, 6) is 1.54. The summed E-state index contributed by atoms with van der Waals surface area (Å²) >= 11 is 0. The van der Waals surface area contributed by atoms with Gasteiger partial charge in [0, 0.05) is 23.8 Å². The van der Waals surface area contributed by atoms with Crippen molar-refractivity contribution in [1.29, 1.82) is 0 Å².